The van der Waals surface area contributed by atoms with E-state index in [1.807, 2.05) is 48.0 Å². The number of fused-ring (bicyclic) bond motifs is 1. The molecule has 0 radical (unpaired) electrons. The van der Waals surface area contributed by atoms with E-state index in [0.717, 1.165) is 26.6 Å². The monoisotopic (exact) mass is 362 g/mol. The van der Waals surface area contributed by atoms with Crippen molar-refractivity contribution in [2.45, 2.75) is 12.5 Å². The Kier molecular flexibility index (Phi) is 3.97. The molecule has 0 fully saturated rings. The highest BCUT2D eigenvalue weighted by molar-refractivity contribution is 9.10. The van der Waals surface area contributed by atoms with E-state index in [2.05, 4.69) is 26.2 Å². The van der Waals surface area contributed by atoms with E-state index >= 15 is 0 Å². The second kappa shape index (κ2) is 5.75. The lowest BCUT2D eigenvalue weighted by atomic mass is 9.99. The van der Waals surface area contributed by atoms with E-state index in [0.29, 0.717) is 6.54 Å². The van der Waals surface area contributed by atoms with Gasteiger partial charge in [-0.2, -0.15) is 11.3 Å². The number of nitrogens with one attached hydrogen (secondary N) is 1. The summed E-state index contributed by atoms with van der Waals surface area (Å²) < 4.78 is 1.00. The zero-order chi connectivity index (χ0) is 14.9. The van der Waals surface area contributed by atoms with Gasteiger partial charge < -0.3 is 10.4 Å². The summed E-state index contributed by atoms with van der Waals surface area (Å²) in [4.78, 5) is 4.37. The zero-order valence-electron chi connectivity index (χ0n) is 11.5. The normalized spacial score (nSPS) is 14.0. The molecule has 3 nitrogen and oxygen atoms in total. The van der Waals surface area contributed by atoms with Gasteiger partial charge in [0.1, 0.15) is 5.60 Å². The fourth-order valence-electron chi connectivity index (χ4n) is 2.22. The summed E-state index contributed by atoms with van der Waals surface area (Å²) in [7, 11) is 0. The number of halogens is 1. The molecule has 0 bridgehead atoms. The molecule has 1 atom stereocenters. The van der Waals surface area contributed by atoms with Crippen molar-refractivity contribution in [2.24, 2.45) is 0 Å². The van der Waals surface area contributed by atoms with Gasteiger partial charge in [-0.15, -0.1) is 0 Å². The van der Waals surface area contributed by atoms with Gasteiger partial charge in [0, 0.05) is 28.3 Å². The quantitative estimate of drug-likeness (QED) is 0.723. The van der Waals surface area contributed by atoms with Crippen LogP contribution in [0.3, 0.4) is 0 Å². The lowest BCUT2D eigenvalue weighted by Crippen LogP contribution is -2.30. The van der Waals surface area contributed by atoms with E-state index in [4.69, 9.17) is 0 Å². The minimum Gasteiger partial charge on any atom is -0.384 e. The summed E-state index contributed by atoms with van der Waals surface area (Å²) in [6.45, 7) is 2.26. The summed E-state index contributed by atoms with van der Waals surface area (Å²) in [5.74, 6) is 0. The van der Waals surface area contributed by atoms with Gasteiger partial charge in [0.25, 0.3) is 0 Å². The molecule has 1 aromatic carbocycles. The Morgan fingerprint density at radius 3 is 2.95 bits per heavy atom. The Bertz CT molecular complexity index is 756. The van der Waals surface area contributed by atoms with Crippen LogP contribution in [0.2, 0.25) is 0 Å². The highest BCUT2D eigenvalue weighted by Gasteiger charge is 2.23. The van der Waals surface area contributed by atoms with Crippen LogP contribution in [-0.4, -0.2) is 16.6 Å². The Morgan fingerprint density at radius 1 is 1.33 bits per heavy atom. The predicted molar refractivity (Wildman–Crippen MR) is 91.8 cm³/mol. The lowest BCUT2D eigenvalue weighted by Gasteiger charge is -2.24. The van der Waals surface area contributed by atoms with Crippen molar-refractivity contribution in [1.82, 2.24) is 4.98 Å². The number of hydrogen-bond donors (Lipinski definition) is 2. The maximum atomic E-state index is 10.6. The first-order chi connectivity index (χ1) is 10.1. The number of aliphatic hydroxyl groups is 1. The minimum absolute atomic E-state index is 0.443. The molecule has 0 aliphatic heterocycles. The van der Waals surface area contributed by atoms with Crippen molar-refractivity contribution in [1.29, 1.82) is 0 Å². The molecule has 1 unspecified atom stereocenters. The summed E-state index contributed by atoms with van der Waals surface area (Å²) >= 11 is 5.04. The average Bonchev–Trinajstić information content (AvgIpc) is 2.99. The van der Waals surface area contributed by atoms with Gasteiger partial charge in [0.05, 0.1) is 5.52 Å². The number of aromatic nitrogens is 1. The van der Waals surface area contributed by atoms with Gasteiger partial charge in [-0.1, -0.05) is 15.9 Å². The van der Waals surface area contributed by atoms with E-state index < -0.39 is 5.60 Å². The third kappa shape index (κ3) is 3.10. The molecule has 0 aliphatic rings. The molecule has 0 saturated carbocycles. The number of thiophene rings is 1. The topological polar surface area (TPSA) is 45.1 Å². The van der Waals surface area contributed by atoms with E-state index in [-0.39, 0.29) is 0 Å². The van der Waals surface area contributed by atoms with Crippen LogP contribution >= 0.6 is 27.3 Å². The summed E-state index contributed by atoms with van der Waals surface area (Å²) in [6, 6.07) is 9.88. The molecule has 2 heterocycles. The van der Waals surface area contributed by atoms with Gasteiger partial charge in [-0.05, 0) is 53.6 Å². The first-order valence-electron chi connectivity index (χ1n) is 6.59. The SMILES string of the molecule is CC(O)(CNc1ccnc2cc(Br)ccc12)c1ccsc1. The van der Waals surface area contributed by atoms with Crippen LogP contribution in [0, 0.1) is 0 Å². The molecular weight excluding hydrogens is 348 g/mol. The lowest BCUT2D eigenvalue weighted by molar-refractivity contribution is 0.0720. The largest absolute Gasteiger partial charge is 0.384 e. The van der Waals surface area contributed by atoms with E-state index in [1.165, 1.54) is 0 Å². The van der Waals surface area contributed by atoms with Crippen molar-refractivity contribution >= 4 is 43.9 Å². The molecule has 21 heavy (non-hydrogen) atoms. The third-order valence-electron chi connectivity index (χ3n) is 3.47. The van der Waals surface area contributed by atoms with Crippen LogP contribution in [0.15, 0.2) is 51.8 Å². The molecule has 0 saturated heterocycles. The number of hydrogen-bond acceptors (Lipinski definition) is 4. The first-order valence-corrected chi connectivity index (χ1v) is 8.33. The molecule has 0 spiro atoms. The molecule has 5 heteroatoms. The van der Waals surface area contributed by atoms with Crippen molar-refractivity contribution in [3.63, 3.8) is 0 Å². The summed E-state index contributed by atoms with van der Waals surface area (Å²) in [5.41, 5.74) is 1.93. The molecule has 2 aromatic heterocycles. The fraction of sp³-hybridized carbons (Fsp3) is 0.188. The second-order valence-corrected chi connectivity index (χ2v) is 6.86. The Labute approximate surface area is 135 Å². The second-order valence-electron chi connectivity index (χ2n) is 5.16. The van der Waals surface area contributed by atoms with Crippen LogP contribution in [-0.2, 0) is 5.60 Å². The molecule has 0 amide bonds. The molecular formula is C16H15BrN2OS. The standard InChI is InChI=1S/C16H15BrN2OS/c1-16(20,11-5-7-21-9-11)10-19-14-4-6-18-15-8-12(17)2-3-13(14)15/h2-9,20H,10H2,1H3,(H,18,19). The average molecular weight is 363 g/mol. The van der Waals surface area contributed by atoms with Crippen LogP contribution in [0.1, 0.15) is 12.5 Å². The van der Waals surface area contributed by atoms with Gasteiger partial charge in [0.2, 0.25) is 0 Å². The molecule has 3 aromatic rings. The molecule has 108 valence electrons. The van der Waals surface area contributed by atoms with Crippen LogP contribution < -0.4 is 5.32 Å². The number of nitrogens with zero attached hydrogens (tertiary/aromatic N) is 1. The summed E-state index contributed by atoms with van der Waals surface area (Å²) in [5, 5.41) is 18.9. The highest BCUT2D eigenvalue weighted by atomic mass is 79.9. The van der Waals surface area contributed by atoms with Crippen LogP contribution in [0.25, 0.3) is 10.9 Å². The maximum absolute atomic E-state index is 10.6. The summed E-state index contributed by atoms with van der Waals surface area (Å²) in [6.07, 6.45) is 1.77. The van der Waals surface area contributed by atoms with E-state index in [1.54, 1.807) is 17.5 Å². The van der Waals surface area contributed by atoms with Crippen LogP contribution in [0.5, 0.6) is 0 Å². The van der Waals surface area contributed by atoms with Gasteiger partial charge in [-0.25, -0.2) is 0 Å². The van der Waals surface area contributed by atoms with Crippen molar-refractivity contribution < 1.29 is 5.11 Å². The fourth-order valence-corrected chi connectivity index (χ4v) is 3.35. The molecule has 2 N–H and O–H groups in total. The zero-order valence-corrected chi connectivity index (χ0v) is 13.9. The number of anilines is 1. The maximum Gasteiger partial charge on any atom is 0.105 e. The highest BCUT2D eigenvalue weighted by Crippen LogP contribution is 2.27. The van der Waals surface area contributed by atoms with Gasteiger partial charge >= 0.3 is 0 Å². The Morgan fingerprint density at radius 2 is 2.19 bits per heavy atom. The van der Waals surface area contributed by atoms with Gasteiger partial charge in [-0.3, -0.25) is 4.98 Å². The number of benzene rings is 1. The predicted octanol–water partition coefficient (Wildman–Crippen LogP) is 4.38. The van der Waals surface area contributed by atoms with Crippen molar-refractivity contribution in [3.8, 4) is 0 Å². The smallest absolute Gasteiger partial charge is 0.105 e. The third-order valence-corrected chi connectivity index (χ3v) is 4.65. The Balaban J connectivity index is 1.86. The van der Waals surface area contributed by atoms with Crippen molar-refractivity contribution in [2.75, 3.05) is 11.9 Å². The number of rotatable bonds is 4. The first kappa shape index (κ1) is 14.5. The van der Waals surface area contributed by atoms with Crippen LogP contribution in [0.4, 0.5) is 5.69 Å². The minimum atomic E-state index is -0.898. The Hall–Kier alpha value is -1.43. The molecule has 0 aliphatic carbocycles. The number of pyridine rings is 1. The molecule has 3 rings (SSSR count). The van der Waals surface area contributed by atoms with Gasteiger partial charge in [0.15, 0.2) is 0 Å². The van der Waals surface area contributed by atoms with Crippen molar-refractivity contribution in [3.05, 3.63) is 57.3 Å². The van der Waals surface area contributed by atoms with E-state index in [9.17, 15) is 5.11 Å².